The number of hydrogen-bond donors (Lipinski definition) is 2. The molecule has 2 unspecified atom stereocenters. The van der Waals surface area contributed by atoms with Crippen molar-refractivity contribution in [3.05, 3.63) is 57.3 Å². The second kappa shape index (κ2) is 11.1. The molecule has 2 N–H and O–H groups in total. The Kier molecular flexibility index (Phi) is 8.22. The SMILES string of the molecule is CCCc1cc(N2CCN(C(=O)C3CCCN3)CC2)cc(NC(C)c2ccc(Cl)cc2Cl)c1F. The third kappa shape index (κ3) is 5.61. The summed E-state index contributed by atoms with van der Waals surface area (Å²) >= 11 is 12.4. The Labute approximate surface area is 211 Å². The average Bonchev–Trinajstić information content (AvgIpc) is 3.36. The molecule has 0 aromatic heterocycles. The van der Waals surface area contributed by atoms with Crippen LogP contribution < -0.4 is 15.5 Å². The Morgan fingerprint density at radius 2 is 1.97 bits per heavy atom. The van der Waals surface area contributed by atoms with Crippen LogP contribution in [0.25, 0.3) is 0 Å². The number of nitrogens with one attached hydrogen (secondary N) is 2. The maximum atomic E-state index is 15.4. The highest BCUT2D eigenvalue weighted by Gasteiger charge is 2.29. The second-order valence-corrected chi connectivity index (χ2v) is 10.1. The number of benzene rings is 2. The van der Waals surface area contributed by atoms with Crippen molar-refractivity contribution in [3.8, 4) is 0 Å². The fourth-order valence-electron chi connectivity index (χ4n) is 4.87. The van der Waals surface area contributed by atoms with Crippen molar-refractivity contribution >= 4 is 40.5 Å². The lowest BCUT2D eigenvalue weighted by atomic mass is 10.0. The zero-order chi connectivity index (χ0) is 24.2. The van der Waals surface area contributed by atoms with Crippen molar-refractivity contribution < 1.29 is 9.18 Å². The van der Waals surface area contributed by atoms with E-state index in [1.54, 1.807) is 12.1 Å². The number of amides is 1. The van der Waals surface area contributed by atoms with Crippen molar-refractivity contribution in [1.82, 2.24) is 10.2 Å². The summed E-state index contributed by atoms with van der Waals surface area (Å²) in [6.45, 7) is 7.75. The number of carbonyl (C=O) groups is 1. The van der Waals surface area contributed by atoms with E-state index in [0.29, 0.717) is 40.8 Å². The zero-order valence-corrected chi connectivity index (χ0v) is 21.4. The van der Waals surface area contributed by atoms with Crippen LogP contribution in [-0.4, -0.2) is 49.6 Å². The summed E-state index contributed by atoms with van der Waals surface area (Å²) in [7, 11) is 0. The number of hydrogen-bond acceptors (Lipinski definition) is 4. The van der Waals surface area contributed by atoms with E-state index in [0.717, 1.165) is 50.1 Å². The minimum Gasteiger partial charge on any atom is -0.376 e. The summed E-state index contributed by atoms with van der Waals surface area (Å²) < 4.78 is 15.4. The van der Waals surface area contributed by atoms with Gasteiger partial charge in [0.05, 0.1) is 17.8 Å². The van der Waals surface area contributed by atoms with Crippen LogP contribution in [0.1, 0.15) is 50.3 Å². The molecule has 2 atom stereocenters. The smallest absolute Gasteiger partial charge is 0.239 e. The van der Waals surface area contributed by atoms with E-state index >= 15 is 4.39 Å². The molecule has 8 heteroatoms. The quantitative estimate of drug-likeness (QED) is 0.508. The lowest BCUT2D eigenvalue weighted by Gasteiger charge is -2.37. The monoisotopic (exact) mass is 506 g/mol. The Morgan fingerprint density at radius 3 is 2.62 bits per heavy atom. The molecule has 2 aliphatic rings. The molecule has 1 amide bonds. The first-order valence-electron chi connectivity index (χ1n) is 12.2. The number of anilines is 2. The molecule has 0 bridgehead atoms. The third-order valence-electron chi connectivity index (χ3n) is 6.77. The van der Waals surface area contributed by atoms with Crippen LogP contribution in [0, 0.1) is 5.82 Å². The van der Waals surface area contributed by atoms with Crippen LogP contribution in [0.5, 0.6) is 0 Å². The molecular weight excluding hydrogens is 474 g/mol. The first kappa shape index (κ1) is 25.1. The number of rotatable bonds is 7. The molecule has 184 valence electrons. The normalized spacial score (nSPS) is 19.4. The molecule has 0 saturated carbocycles. The van der Waals surface area contributed by atoms with Gasteiger partial charge in [-0.3, -0.25) is 4.79 Å². The van der Waals surface area contributed by atoms with E-state index in [1.807, 2.05) is 30.0 Å². The summed E-state index contributed by atoms with van der Waals surface area (Å²) in [5.41, 5.74) is 3.01. The van der Waals surface area contributed by atoms with E-state index in [1.165, 1.54) is 0 Å². The zero-order valence-electron chi connectivity index (χ0n) is 19.8. The van der Waals surface area contributed by atoms with Gasteiger partial charge in [0.15, 0.2) is 0 Å². The maximum absolute atomic E-state index is 15.4. The fraction of sp³-hybridized carbons (Fsp3) is 0.500. The molecule has 2 aromatic rings. The molecule has 2 saturated heterocycles. The third-order valence-corrected chi connectivity index (χ3v) is 7.33. The van der Waals surface area contributed by atoms with Gasteiger partial charge in [0.1, 0.15) is 5.82 Å². The molecule has 2 heterocycles. The average molecular weight is 507 g/mol. The summed E-state index contributed by atoms with van der Waals surface area (Å²) in [6, 6.07) is 8.96. The van der Waals surface area contributed by atoms with Crippen molar-refractivity contribution in [2.75, 3.05) is 42.9 Å². The first-order valence-corrected chi connectivity index (χ1v) is 12.9. The van der Waals surface area contributed by atoms with E-state index in [4.69, 9.17) is 23.2 Å². The van der Waals surface area contributed by atoms with Gasteiger partial charge in [-0.25, -0.2) is 4.39 Å². The van der Waals surface area contributed by atoms with Crippen LogP contribution in [0.3, 0.4) is 0 Å². The summed E-state index contributed by atoms with van der Waals surface area (Å²) in [5, 5.41) is 7.75. The molecule has 0 spiro atoms. The van der Waals surface area contributed by atoms with Gasteiger partial charge in [0.2, 0.25) is 5.91 Å². The predicted octanol–water partition coefficient (Wildman–Crippen LogP) is 5.66. The Hall–Kier alpha value is -2.02. The second-order valence-electron chi connectivity index (χ2n) is 9.21. The fourth-order valence-corrected chi connectivity index (χ4v) is 5.44. The predicted molar refractivity (Wildman–Crippen MR) is 139 cm³/mol. The largest absolute Gasteiger partial charge is 0.376 e. The topological polar surface area (TPSA) is 47.6 Å². The highest BCUT2D eigenvalue weighted by atomic mass is 35.5. The molecule has 2 aliphatic heterocycles. The van der Waals surface area contributed by atoms with Crippen LogP contribution in [0.2, 0.25) is 10.0 Å². The summed E-state index contributed by atoms with van der Waals surface area (Å²) in [4.78, 5) is 17.0. The van der Waals surface area contributed by atoms with Crippen molar-refractivity contribution in [1.29, 1.82) is 0 Å². The van der Waals surface area contributed by atoms with Gasteiger partial charge >= 0.3 is 0 Å². The van der Waals surface area contributed by atoms with Crippen LogP contribution >= 0.6 is 23.2 Å². The van der Waals surface area contributed by atoms with Crippen molar-refractivity contribution in [2.24, 2.45) is 0 Å². The lowest BCUT2D eigenvalue weighted by Crippen LogP contribution is -2.53. The van der Waals surface area contributed by atoms with Gasteiger partial charge in [-0.15, -0.1) is 0 Å². The van der Waals surface area contributed by atoms with E-state index in [-0.39, 0.29) is 23.8 Å². The number of carbonyl (C=O) groups excluding carboxylic acids is 1. The Balaban J connectivity index is 1.51. The molecular formula is C26H33Cl2FN4O. The van der Waals surface area contributed by atoms with Crippen molar-refractivity contribution in [3.63, 3.8) is 0 Å². The van der Waals surface area contributed by atoms with Gasteiger partial charge in [-0.2, -0.15) is 0 Å². The van der Waals surface area contributed by atoms with Crippen LogP contribution in [-0.2, 0) is 11.2 Å². The molecule has 2 fully saturated rings. The van der Waals surface area contributed by atoms with E-state index in [2.05, 4.69) is 22.5 Å². The van der Waals surface area contributed by atoms with Crippen molar-refractivity contribution in [2.45, 2.75) is 51.6 Å². The van der Waals surface area contributed by atoms with Gasteiger partial charge in [0, 0.05) is 41.9 Å². The molecule has 5 nitrogen and oxygen atoms in total. The first-order chi connectivity index (χ1) is 16.4. The molecule has 34 heavy (non-hydrogen) atoms. The number of nitrogens with zero attached hydrogens (tertiary/aromatic N) is 2. The molecule has 0 aliphatic carbocycles. The maximum Gasteiger partial charge on any atom is 0.239 e. The Morgan fingerprint density at radius 1 is 1.21 bits per heavy atom. The van der Waals surface area contributed by atoms with E-state index in [9.17, 15) is 4.79 Å². The number of halogens is 3. The van der Waals surface area contributed by atoms with Gasteiger partial charge in [-0.1, -0.05) is 42.6 Å². The van der Waals surface area contributed by atoms with Gasteiger partial charge in [-0.05, 0) is 68.1 Å². The lowest BCUT2D eigenvalue weighted by molar-refractivity contribution is -0.133. The van der Waals surface area contributed by atoms with E-state index < -0.39 is 0 Å². The highest BCUT2D eigenvalue weighted by molar-refractivity contribution is 6.35. The molecule has 4 rings (SSSR count). The van der Waals surface area contributed by atoms with Gasteiger partial charge in [0.25, 0.3) is 0 Å². The van der Waals surface area contributed by atoms with Gasteiger partial charge < -0.3 is 20.4 Å². The molecule has 2 aromatic carbocycles. The standard InChI is InChI=1S/C26H33Cl2FN4O/c1-3-5-18-14-20(32-10-12-33(13-11-32)26(34)23-6-4-9-30-23)16-24(25(18)29)31-17(2)21-8-7-19(27)15-22(21)28/h7-8,14-17,23,30-31H,3-6,9-13H2,1-2H3. The highest BCUT2D eigenvalue weighted by Crippen LogP contribution is 2.33. The summed E-state index contributed by atoms with van der Waals surface area (Å²) in [6.07, 6.45) is 3.50. The van der Waals surface area contributed by atoms with Crippen LogP contribution in [0.4, 0.5) is 15.8 Å². The van der Waals surface area contributed by atoms with Crippen LogP contribution in [0.15, 0.2) is 30.3 Å². The molecule has 0 radical (unpaired) electrons. The number of aryl methyl sites for hydroxylation is 1. The summed E-state index contributed by atoms with van der Waals surface area (Å²) in [5.74, 6) is -0.0115. The number of piperazine rings is 1. The minimum absolute atomic E-state index is 0.0366. The Bertz CT molecular complexity index is 1020. The minimum atomic E-state index is -0.219.